The van der Waals surface area contributed by atoms with Crippen LogP contribution < -0.4 is 4.90 Å². The van der Waals surface area contributed by atoms with Crippen LogP contribution in [0.3, 0.4) is 0 Å². The number of hydrogen-bond donors (Lipinski definition) is 0. The number of benzene rings is 2. The molecule has 1 aromatic heterocycles. The molecule has 0 saturated carbocycles. The van der Waals surface area contributed by atoms with Crippen molar-refractivity contribution in [1.29, 1.82) is 0 Å². The minimum Gasteiger partial charge on any atom is -0.454 e. The third-order valence-electron chi connectivity index (χ3n) is 7.17. The maximum absolute atomic E-state index is 13.8. The van der Waals surface area contributed by atoms with Gasteiger partial charge in [-0.3, -0.25) is 4.79 Å². The maximum atomic E-state index is 13.8. The number of anilines is 1. The van der Waals surface area contributed by atoms with Crippen molar-refractivity contribution in [3.63, 3.8) is 0 Å². The summed E-state index contributed by atoms with van der Waals surface area (Å²) in [6, 6.07) is 12.2. The molecule has 1 atom stereocenters. The van der Waals surface area contributed by atoms with E-state index in [0.717, 1.165) is 11.7 Å². The van der Waals surface area contributed by atoms with E-state index >= 15 is 0 Å². The number of aromatic nitrogens is 2. The Kier molecular flexibility index (Phi) is 12.5. The molecule has 0 N–H and O–H groups in total. The highest BCUT2D eigenvalue weighted by Gasteiger charge is 2.32. The second-order valence-electron chi connectivity index (χ2n) is 11.7. The van der Waals surface area contributed by atoms with Crippen molar-refractivity contribution in [1.82, 2.24) is 13.6 Å². The lowest BCUT2D eigenvalue weighted by molar-refractivity contribution is -0.763. The minimum absolute atomic E-state index is 0.0410. The van der Waals surface area contributed by atoms with E-state index in [0.29, 0.717) is 54.5 Å². The van der Waals surface area contributed by atoms with Crippen LogP contribution in [0.2, 0.25) is 0 Å². The summed E-state index contributed by atoms with van der Waals surface area (Å²) in [4.78, 5) is 60.6. The van der Waals surface area contributed by atoms with E-state index in [4.69, 9.17) is 14.2 Å². The topological polar surface area (TPSA) is 199 Å². The molecular formula is C30H36N6O11S. The molecule has 1 fully saturated rings. The summed E-state index contributed by atoms with van der Waals surface area (Å²) in [5.74, 6) is -0.346. The van der Waals surface area contributed by atoms with E-state index < -0.39 is 27.8 Å². The van der Waals surface area contributed by atoms with Gasteiger partial charge >= 0.3 is 5.97 Å². The largest absolute Gasteiger partial charge is 0.454 e. The summed E-state index contributed by atoms with van der Waals surface area (Å²) >= 11 is 1.07. The van der Waals surface area contributed by atoms with Crippen LogP contribution in [0.15, 0.2) is 48.5 Å². The molecule has 2 aromatic carbocycles. The van der Waals surface area contributed by atoms with Crippen LogP contribution in [-0.2, 0) is 43.7 Å². The summed E-state index contributed by atoms with van der Waals surface area (Å²) in [5, 5.41) is 19.3. The molecule has 0 radical (unpaired) electrons. The molecular weight excluding hydrogens is 652 g/mol. The van der Waals surface area contributed by atoms with Gasteiger partial charge < -0.3 is 33.7 Å². The number of amides is 1. The van der Waals surface area contributed by atoms with Crippen molar-refractivity contribution in [3.8, 4) is 0 Å². The first-order valence-electron chi connectivity index (χ1n) is 14.9. The van der Waals surface area contributed by atoms with Crippen LogP contribution in [0, 0.1) is 20.2 Å². The van der Waals surface area contributed by atoms with Crippen molar-refractivity contribution >= 4 is 29.4 Å². The molecule has 1 saturated heterocycles. The third kappa shape index (κ3) is 10.5. The van der Waals surface area contributed by atoms with Crippen LogP contribution in [0.25, 0.3) is 0 Å². The Morgan fingerprint density at radius 2 is 1.48 bits per heavy atom. The third-order valence-corrected chi connectivity index (χ3v) is 7.72. The molecule has 1 amide bonds. The Hall–Kier alpha value is -4.94. The van der Waals surface area contributed by atoms with E-state index in [1.807, 2.05) is 20.8 Å². The molecule has 0 unspecified atom stereocenters. The highest BCUT2D eigenvalue weighted by molar-refractivity contribution is 6.99. The van der Waals surface area contributed by atoms with Crippen molar-refractivity contribution in [2.75, 3.05) is 44.4 Å². The van der Waals surface area contributed by atoms with E-state index in [2.05, 4.69) is 23.3 Å². The van der Waals surface area contributed by atoms with Gasteiger partial charge in [0.2, 0.25) is 0 Å². The fraction of sp³-hybridized carbons (Fsp3) is 0.467. The zero-order chi connectivity index (χ0) is 34.7. The van der Waals surface area contributed by atoms with Crippen molar-refractivity contribution < 1.29 is 43.6 Å². The highest BCUT2D eigenvalue weighted by Crippen LogP contribution is 2.23. The lowest BCUT2D eigenvalue weighted by Gasteiger charge is -2.38. The number of ether oxygens (including phenoxy) is 3. The van der Waals surface area contributed by atoms with E-state index in [-0.39, 0.29) is 44.4 Å². The van der Waals surface area contributed by atoms with Crippen LogP contribution in [0.4, 0.5) is 5.82 Å². The number of carbonyl (C=O) groups is 2. The fourth-order valence-corrected chi connectivity index (χ4v) is 5.27. The van der Waals surface area contributed by atoms with Gasteiger partial charge in [0.15, 0.2) is 5.82 Å². The molecule has 3 aromatic rings. The summed E-state index contributed by atoms with van der Waals surface area (Å²) in [6.45, 7) is 7.43. The zero-order valence-electron chi connectivity index (χ0n) is 26.6. The lowest BCUT2D eigenvalue weighted by atomic mass is 10.0. The molecule has 2 heterocycles. The Morgan fingerprint density at radius 3 is 2.02 bits per heavy atom. The first-order valence-corrected chi connectivity index (χ1v) is 15.6. The van der Waals surface area contributed by atoms with Gasteiger partial charge in [0, 0.05) is 24.2 Å². The van der Waals surface area contributed by atoms with Gasteiger partial charge in [0.05, 0.1) is 50.3 Å². The van der Waals surface area contributed by atoms with Crippen molar-refractivity contribution in [2.45, 2.75) is 52.2 Å². The zero-order valence-corrected chi connectivity index (χ0v) is 27.5. The summed E-state index contributed by atoms with van der Waals surface area (Å²) in [5.41, 5.74) is 1.40. The SMILES string of the molecule is CC(C)(C)N(C[C@@H](COCc1nsnc1N1CCOCC1)OC(=O)c1ccc(CO[N+](=O)[O-])cc1)C(=O)c1ccc(CO[N+](=O)[O-])cc1. The standard InChI is InChI=1S/C30H36N6O11S/c1-30(2,3)34(28(37)23-8-4-21(5-9-23)17-45-35(39)40)16-25(47-29(38)24-10-6-22(7-11-24)18-46-36(41)42)19-44-20-26-27(32-48-31-26)33-12-14-43-15-13-33/h4-11,25H,12-20H2,1-3H3/t25-/m0/s1. The number of morpholine rings is 1. The average Bonchev–Trinajstić information content (AvgIpc) is 3.53. The molecule has 0 aliphatic carbocycles. The molecule has 48 heavy (non-hydrogen) atoms. The van der Waals surface area contributed by atoms with Gasteiger partial charge in [-0.05, 0) is 56.2 Å². The van der Waals surface area contributed by atoms with Gasteiger partial charge in [0.1, 0.15) is 25.0 Å². The highest BCUT2D eigenvalue weighted by atomic mass is 32.1. The van der Waals surface area contributed by atoms with Gasteiger partial charge in [-0.25, -0.2) is 4.79 Å². The first kappa shape index (κ1) is 35.9. The molecule has 1 aliphatic rings. The Morgan fingerprint density at radius 1 is 0.917 bits per heavy atom. The van der Waals surface area contributed by atoms with Gasteiger partial charge in [-0.15, -0.1) is 20.2 Å². The molecule has 4 rings (SSSR count). The number of nitrogens with zero attached hydrogens (tertiary/aromatic N) is 6. The maximum Gasteiger partial charge on any atom is 0.338 e. The minimum atomic E-state index is -0.927. The fourth-order valence-electron chi connectivity index (χ4n) is 4.69. The molecule has 18 heteroatoms. The van der Waals surface area contributed by atoms with Gasteiger partial charge in [0.25, 0.3) is 16.1 Å². The summed E-state index contributed by atoms with van der Waals surface area (Å²) < 4.78 is 26.1. The van der Waals surface area contributed by atoms with Crippen molar-refractivity contribution in [2.24, 2.45) is 0 Å². The van der Waals surface area contributed by atoms with Crippen LogP contribution in [0.5, 0.6) is 0 Å². The monoisotopic (exact) mass is 688 g/mol. The van der Waals surface area contributed by atoms with E-state index in [1.165, 1.54) is 24.3 Å². The second kappa shape index (κ2) is 16.8. The molecule has 1 aliphatic heterocycles. The smallest absolute Gasteiger partial charge is 0.338 e. The first-order chi connectivity index (χ1) is 22.9. The predicted molar refractivity (Wildman–Crippen MR) is 169 cm³/mol. The molecule has 258 valence electrons. The predicted octanol–water partition coefficient (Wildman–Crippen LogP) is 3.47. The van der Waals surface area contributed by atoms with E-state index in [1.54, 1.807) is 29.2 Å². The number of carbonyl (C=O) groups excluding carboxylic acids is 2. The van der Waals surface area contributed by atoms with Crippen LogP contribution in [0.1, 0.15) is 58.3 Å². The normalized spacial score (nSPS) is 13.8. The Bertz CT molecular complexity index is 1540. The van der Waals surface area contributed by atoms with Gasteiger partial charge in [-0.1, -0.05) is 24.3 Å². The Balaban J connectivity index is 1.50. The molecule has 0 spiro atoms. The Labute approximate surface area is 279 Å². The number of rotatable bonds is 16. The number of esters is 1. The number of hydrogen-bond acceptors (Lipinski definition) is 15. The molecule has 17 nitrogen and oxygen atoms in total. The van der Waals surface area contributed by atoms with E-state index in [9.17, 15) is 29.8 Å². The molecule has 0 bridgehead atoms. The summed E-state index contributed by atoms with van der Waals surface area (Å²) in [7, 11) is 0. The quantitative estimate of drug-likeness (QED) is 0.120. The average molecular weight is 689 g/mol. The second-order valence-corrected chi connectivity index (χ2v) is 12.2. The summed E-state index contributed by atoms with van der Waals surface area (Å²) in [6.07, 6.45) is -0.927. The van der Waals surface area contributed by atoms with Crippen LogP contribution >= 0.6 is 11.7 Å². The van der Waals surface area contributed by atoms with Crippen LogP contribution in [-0.4, -0.2) is 86.8 Å². The van der Waals surface area contributed by atoms with Gasteiger partial charge in [-0.2, -0.15) is 8.75 Å². The lowest BCUT2D eigenvalue weighted by Crippen LogP contribution is -2.50. The van der Waals surface area contributed by atoms with Crippen molar-refractivity contribution in [3.05, 3.63) is 96.7 Å².